The number of fused-ring (bicyclic) bond motifs is 1. The Hall–Kier alpha value is -2.03. The van der Waals surface area contributed by atoms with Crippen LogP contribution in [0.1, 0.15) is 47.4 Å². The lowest BCUT2D eigenvalue weighted by Gasteiger charge is -2.36. The van der Waals surface area contributed by atoms with Gasteiger partial charge < -0.3 is 14.8 Å². The van der Waals surface area contributed by atoms with Gasteiger partial charge in [-0.25, -0.2) is 0 Å². The maximum atomic E-state index is 12.6. The molecule has 30 heavy (non-hydrogen) atoms. The molecule has 1 aliphatic carbocycles. The zero-order valence-corrected chi connectivity index (χ0v) is 17.8. The number of halogens is 2. The smallest absolute Gasteiger partial charge is 0.387 e. The predicted octanol–water partition coefficient (Wildman–Crippen LogP) is 4.61. The number of alkyl halides is 2. The molecule has 2 heterocycles. The normalized spacial score (nSPS) is 18.1. The van der Waals surface area contributed by atoms with Gasteiger partial charge in [-0.2, -0.15) is 8.78 Å². The molecule has 1 unspecified atom stereocenters. The van der Waals surface area contributed by atoms with Crippen LogP contribution < -0.4 is 10.1 Å². The van der Waals surface area contributed by atoms with E-state index in [0.29, 0.717) is 13.2 Å². The summed E-state index contributed by atoms with van der Waals surface area (Å²) in [4.78, 5) is 15.6. The third-order valence-corrected chi connectivity index (χ3v) is 6.83. The Morgan fingerprint density at radius 2 is 1.87 bits per heavy atom. The molecule has 0 spiro atoms. The van der Waals surface area contributed by atoms with E-state index in [1.807, 2.05) is 12.1 Å². The Labute approximate surface area is 179 Å². The molecule has 1 saturated heterocycles. The third kappa shape index (κ3) is 4.66. The van der Waals surface area contributed by atoms with Gasteiger partial charge in [-0.15, -0.1) is 11.3 Å². The lowest BCUT2D eigenvalue weighted by Crippen LogP contribution is -2.40. The highest BCUT2D eigenvalue weighted by atomic mass is 32.1. The molecule has 2 aliphatic rings. The van der Waals surface area contributed by atoms with Crippen molar-refractivity contribution in [2.24, 2.45) is 0 Å². The summed E-state index contributed by atoms with van der Waals surface area (Å²) in [7, 11) is 0. The van der Waals surface area contributed by atoms with Gasteiger partial charge in [0.15, 0.2) is 0 Å². The fourth-order valence-corrected chi connectivity index (χ4v) is 5.73. The molecule has 4 rings (SSSR count). The molecule has 1 N–H and O–H groups in total. The number of carbonyl (C=O) groups excluding carboxylic acids is 1. The summed E-state index contributed by atoms with van der Waals surface area (Å²) < 4.78 is 35.2. The van der Waals surface area contributed by atoms with Crippen molar-refractivity contribution >= 4 is 22.2 Å². The van der Waals surface area contributed by atoms with E-state index in [4.69, 9.17) is 4.74 Å². The summed E-state index contributed by atoms with van der Waals surface area (Å²) >= 11 is 1.68. The highest BCUT2D eigenvalue weighted by molar-refractivity contribution is 7.16. The fraction of sp³-hybridized carbons (Fsp3) is 0.500. The van der Waals surface area contributed by atoms with Crippen LogP contribution >= 0.6 is 11.3 Å². The molecule has 1 atom stereocenters. The van der Waals surface area contributed by atoms with Crippen LogP contribution in [-0.4, -0.2) is 43.7 Å². The minimum Gasteiger partial charge on any atom is -0.435 e. The number of nitrogens with zero attached hydrogens (tertiary/aromatic N) is 1. The molecule has 0 saturated carbocycles. The van der Waals surface area contributed by atoms with Gasteiger partial charge in [-0.05, 0) is 48.9 Å². The van der Waals surface area contributed by atoms with Gasteiger partial charge in [0.05, 0.1) is 19.3 Å². The molecule has 0 radical (unpaired) electrons. The number of anilines is 1. The van der Waals surface area contributed by atoms with Crippen molar-refractivity contribution in [2.45, 2.75) is 45.3 Å². The number of hydrogen-bond donors (Lipinski definition) is 1. The first-order valence-corrected chi connectivity index (χ1v) is 11.1. The van der Waals surface area contributed by atoms with Gasteiger partial charge in [0.1, 0.15) is 10.8 Å². The van der Waals surface area contributed by atoms with Gasteiger partial charge >= 0.3 is 6.61 Å². The Kier molecular flexibility index (Phi) is 6.65. The van der Waals surface area contributed by atoms with E-state index >= 15 is 0 Å². The highest BCUT2D eigenvalue weighted by Gasteiger charge is 2.32. The van der Waals surface area contributed by atoms with Crippen LogP contribution in [0.2, 0.25) is 0 Å². The average Bonchev–Trinajstić information content (AvgIpc) is 3.07. The Balaban J connectivity index is 1.78. The van der Waals surface area contributed by atoms with Crippen LogP contribution in [0.15, 0.2) is 24.3 Å². The number of ether oxygens (including phenoxy) is 2. The largest absolute Gasteiger partial charge is 0.435 e. The second-order valence-corrected chi connectivity index (χ2v) is 8.74. The fourth-order valence-electron chi connectivity index (χ4n) is 4.36. The molecular formula is C22H26F2N2O3S. The Bertz CT molecular complexity index is 879. The lowest BCUT2D eigenvalue weighted by atomic mass is 9.88. The van der Waals surface area contributed by atoms with Crippen molar-refractivity contribution in [2.75, 3.05) is 31.6 Å². The molecule has 2 aromatic rings. The second-order valence-electron chi connectivity index (χ2n) is 7.63. The summed E-state index contributed by atoms with van der Waals surface area (Å²) in [6, 6.07) is 6.80. The van der Waals surface area contributed by atoms with Crippen LogP contribution in [-0.2, 0) is 22.4 Å². The number of morpholine rings is 1. The minimum atomic E-state index is -2.85. The van der Waals surface area contributed by atoms with E-state index in [1.54, 1.807) is 23.5 Å². The third-order valence-electron chi connectivity index (χ3n) is 5.61. The van der Waals surface area contributed by atoms with Gasteiger partial charge in [0, 0.05) is 30.5 Å². The molecule has 8 heteroatoms. The number of carbonyl (C=O) groups is 1. The standard InChI is InChI=1S/C22H26F2N2O3S/c1-14(27)25-21-19(17-4-2-3-5-18(17)30-21)20(26-10-12-28-13-11-26)15-6-8-16(9-7-15)29-22(23)24/h6-9,20,22H,2-5,10-13H2,1H3,(H,25,27). The van der Waals surface area contributed by atoms with Crippen molar-refractivity contribution in [3.05, 3.63) is 45.8 Å². The first-order valence-electron chi connectivity index (χ1n) is 10.3. The Morgan fingerprint density at radius 3 is 2.53 bits per heavy atom. The summed E-state index contributed by atoms with van der Waals surface area (Å²) in [5.41, 5.74) is 3.48. The van der Waals surface area contributed by atoms with Crippen LogP contribution in [0, 0.1) is 0 Å². The van der Waals surface area contributed by atoms with Crippen molar-refractivity contribution < 1.29 is 23.0 Å². The molecule has 1 amide bonds. The molecule has 1 aliphatic heterocycles. The zero-order chi connectivity index (χ0) is 21.1. The quantitative estimate of drug-likeness (QED) is 0.719. The molecule has 1 aromatic carbocycles. The van der Waals surface area contributed by atoms with E-state index in [0.717, 1.165) is 54.9 Å². The van der Waals surface area contributed by atoms with Crippen LogP contribution in [0.3, 0.4) is 0 Å². The van der Waals surface area contributed by atoms with Crippen molar-refractivity contribution in [3.63, 3.8) is 0 Å². The van der Waals surface area contributed by atoms with Crippen molar-refractivity contribution in [3.8, 4) is 5.75 Å². The van der Waals surface area contributed by atoms with Gasteiger partial charge in [-0.1, -0.05) is 12.1 Å². The number of thiophene rings is 1. The number of rotatable bonds is 6. The monoisotopic (exact) mass is 436 g/mol. The number of aryl methyl sites for hydroxylation is 1. The first-order chi connectivity index (χ1) is 14.5. The number of amides is 1. The highest BCUT2D eigenvalue weighted by Crippen LogP contribution is 2.45. The lowest BCUT2D eigenvalue weighted by molar-refractivity contribution is -0.114. The minimum absolute atomic E-state index is 0.0746. The number of benzene rings is 1. The molecule has 1 aromatic heterocycles. The van der Waals surface area contributed by atoms with Crippen LogP contribution in [0.4, 0.5) is 13.8 Å². The molecule has 162 valence electrons. The van der Waals surface area contributed by atoms with Crippen LogP contribution in [0.5, 0.6) is 5.75 Å². The van der Waals surface area contributed by atoms with Crippen LogP contribution in [0.25, 0.3) is 0 Å². The van der Waals surface area contributed by atoms with E-state index in [2.05, 4.69) is 15.0 Å². The summed E-state index contributed by atoms with van der Waals surface area (Å²) in [6.07, 6.45) is 4.32. The van der Waals surface area contributed by atoms with Crippen molar-refractivity contribution in [1.29, 1.82) is 0 Å². The van der Waals surface area contributed by atoms with Gasteiger partial charge in [0.25, 0.3) is 0 Å². The van der Waals surface area contributed by atoms with E-state index in [9.17, 15) is 13.6 Å². The van der Waals surface area contributed by atoms with Gasteiger partial charge in [-0.3, -0.25) is 9.69 Å². The SMILES string of the molecule is CC(=O)Nc1sc2c(c1C(c1ccc(OC(F)F)cc1)N1CCOCC1)CCCC2. The van der Waals surface area contributed by atoms with E-state index < -0.39 is 6.61 Å². The van der Waals surface area contributed by atoms with Gasteiger partial charge in [0.2, 0.25) is 5.91 Å². The topological polar surface area (TPSA) is 50.8 Å². The maximum Gasteiger partial charge on any atom is 0.387 e. The summed E-state index contributed by atoms with van der Waals surface area (Å²) in [5.74, 6) is 0.0557. The Morgan fingerprint density at radius 1 is 1.17 bits per heavy atom. The second kappa shape index (κ2) is 9.41. The predicted molar refractivity (Wildman–Crippen MR) is 113 cm³/mol. The number of hydrogen-bond acceptors (Lipinski definition) is 5. The van der Waals surface area contributed by atoms with E-state index in [1.165, 1.54) is 17.4 Å². The molecule has 0 bridgehead atoms. The molecule has 5 nitrogen and oxygen atoms in total. The first kappa shape index (κ1) is 21.2. The van der Waals surface area contributed by atoms with Crippen molar-refractivity contribution in [1.82, 2.24) is 4.90 Å². The summed E-state index contributed by atoms with van der Waals surface area (Å²) in [5, 5.41) is 3.96. The maximum absolute atomic E-state index is 12.6. The number of nitrogens with one attached hydrogen (secondary N) is 1. The zero-order valence-electron chi connectivity index (χ0n) is 17.0. The average molecular weight is 437 g/mol. The summed E-state index contributed by atoms with van der Waals surface area (Å²) in [6.45, 7) is 1.51. The molecular weight excluding hydrogens is 410 g/mol. The molecule has 1 fully saturated rings. The van der Waals surface area contributed by atoms with E-state index in [-0.39, 0.29) is 17.7 Å².